The first kappa shape index (κ1) is 14.5. The van der Waals surface area contributed by atoms with Gasteiger partial charge in [0, 0.05) is 15.7 Å². The molecule has 0 amide bonds. The summed E-state index contributed by atoms with van der Waals surface area (Å²) in [5, 5.41) is 13.9. The molecule has 0 fully saturated rings. The first-order valence-electron chi connectivity index (χ1n) is 7.32. The van der Waals surface area contributed by atoms with Crippen molar-refractivity contribution in [2.45, 2.75) is 39.2 Å². The van der Waals surface area contributed by atoms with E-state index in [0.717, 1.165) is 22.1 Å². The highest BCUT2D eigenvalue weighted by molar-refractivity contribution is 9.10. The first-order chi connectivity index (χ1) is 9.97. The molecule has 2 atom stereocenters. The summed E-state index contributed by atoms with van der Waals surface area (Å²) in [4.78, 5) is 0. The fourth-order valence-corrected chi connectivity index (χ4v) is 3.77. The van der Waals surface area contributed by atoms with Gasteiger partial charge in [0.2, 0.25) is 0 Å². The van der Waals surface area contributed by atoms with Crippen LogP contribution in [0.3, 0.4) is 0 Å². The minimum absolute atomic E-state index is 0.160. The van der Waals surface area contributed by atoms with Gasteiger partial charge in [0.1, 0.15) is 5.75 Å². The minimum Gasteiger partial charge on any atom is -0.508 e. The number of anilines is 1. The lowest BCUT2D eigenvalue weighted by molar-refractivity contribution is 0.465. The van der Waals surface area contributed by atoms with Gasteiger partial charge >= 0.3 is 0 Å². The zero-order valence-corrected chi connectivity index (χ0v) is 14.2. The van der Waals surface area contributed by atoms with E-state index in [-0.39, 0.29) is 6.04 Å². The zero-order chi connectivity index (χ0) is 15.1. The summed E-state index contributed by atoms with van der Waals surface area (Å²) in [7, 11) is 0. The maximum Gasteiger partial charge on any atom is 0.121 e. The third kappa shape index (κ3) is 2.55. The molecule has 1 aliphatic carbocycles. The number of hydrogen-bond donors (Lipinski definition) is 2. The summed E-state index contributed by atoms with van der Waals surface area (Å²) < 4.78 is 1.06. The largest absolute Gasteiger partial charge is 0.508 e. The monoisotopic (exact) mass is 345 g/mol. The Morgan fingerprint density at radius 3 is 2.67 bits per heavy atom. The Labute approximate surface area is 134 Å². The second-order valence-corrected chi connectivity index (χ2v) is 6.90. The average Bonchev–Trinajstić information content (AvgIpc) is 2.76. The van der Waals surface area contributed by atoms with Crippen LogP contribution in [0.4, 0.5) is 5.69 Å². The molecule has 110 valence electrons. The summed E-state index contributed by atoms with van der Waals surface area (Å²) in [6, 6.07) is 10.3. The van der Waals surface area contributed by atoms with E-state index < -0.39 is 0 Å². The third-order valence-electron chi connectivity index (χ3n) is 4.36. The molecule has 0 aromatic heterocycles. The van der Waals surface area contributed by atoms with Gasteiger partial charge in [0.25, 0.3) is 0 Å². The Morgan fingerprint density at radius 1 is 1.14 bits per heavy atom. The Morgan fingerprint density at radius 2 is 1.90 bits per heavy atom. The number of phenolic OH excluding ortho intramolecular Hbond substituents is 1. The van der Waals surface area contributed by atoms with Crippen LogP contribution in [0, 0.1) is 13.8 Å². The third-order valence-corrected chi connectivity index (χ3v) is 5.06. The summed E-state index contributed by atoms with van der Waals surface area (Å²) in [5.41, 5.74) is 5.94. The van der Waals surface area contributed by atoms with Crippen LogP contribution in [-0.4, -0.2) is 5.11 Å². The maximum atomic E-state index is 10.3. The molecular formula is C18H20BrNO. The molecule has 3 rings (SSSR count). The second-order valence-electron chi connectivity index (χ2n) is 6.05. The van der Waals surface area contributed by atoms with Crippen molar-refractivity contribution < 1.29 is 5.11 Å². The van der Waals surface area contributed by atoms with Crippen molar-refractivity contribution in [1.29, 1.82) is 0 Å². The molecule has 2 aromatic carbocycles. The predicted octanol–water partition coefficient (Wildman–Crippen LogP) is 5.43. The van der Waals surface area contributed by atoms with Gasteiger partial charge in [-0.1, -0.05) is 19.1 Å². The number of aromatic hydroxyl groups is 1. The zero-order valence-electron chi connectivity index (χ0n) is 12.6. The lowest BCUT2D eigenvalue weighted by Crippen LogP contribution is -2.08. The van der Waals surface area contributed by atoms with Crippen LogP contribution in [-0.2, 0) is 0 Å². The molecule has 2 unspecified atom stereocenters. The van der Waals surface area contributed by atoms with Gasteiger partial charge in [-0.15, -0.1) is 0 Å². The SMILES string of the molecule is Cc1ccc(Br)c(NC2CC(C)c3c(C)ccc(O)c32)c1. The fraction of sp³-hybridized carbons (Fsp3) is 0.333. The highest BCUT2D eigenvalue weighted by Crippen LogP contribution is 2.47. The smallest absolute Gasteiger partial charge is 0.121 e. The Hall–Kier alpha value is -1.48. The summed E-state index contributed by atoms with van der Waals surface area (Å²) in [6.45, 7) is 6.45. The topological polar surface area (TPSA) is 32.3 Å². The standard InChI is InChI=1S/C18H20BrNO/c1-10-4-6-13(19)14(8-10)20-15-9-12(3)17-11(2)5-7-16(21)18(15)17/h4-8,12,15,20-21H,9H2,1-3H3. The molecule has 0 spiro atoms. The van der Waals surface area contributed by atoms with Gasteiger partial charge in [-0.2, -0.15) is 0 Å². The summed E-state index contributed by atoms with van der Waals surface area (Å²) >= 11 is 3.60. The van der Waals surface area contributed by atoms with Crippen LogP contribution in [0.5, 0.6) is 5.75 Å². The van der Waals surface area contributed by atoms with Crippen LogP contribution >= 0.6 is 15.9 Å². The van der Waals surface area contributed by atoms with E-state index >= 15 is 0 Å². The number of phenols is 1. The lowest BCUT2D eigenvalue weighted by atomic mass is 9.97. The Bertz CT molecular complexity index is 696. The van der Waals surface area contributed by atoms with E-state index in [1.807, 2.05) is 12.1 Å². The lowest BCUT2D eigenvalue weighted by Gasteiger charge is -2.18. The van der Waals surface area contributed by atoms with Gasteiger partial charge in [0.15, 0.2) is 0 Å². The van der Waals surface area contributed by atoms with Crippen LogP contribution in [0.2, 0.25) is 0 Å². The van der Waals surface area contributed by atoms with Crippen LogP contribution in [0.25, 0.3) is 0 Å². The number of aryl methyl sites for hydroxylation is 2. The number of halogens is 1. The first-order valence-corrected chi connectivity index (χ1v) is 8.11. The molecular weight excluding hydrogens is 326 g/mol. The quantitative estimate of drug-likeness (QED) is 0.760. The number of nitrogens with one attached hydrogen (secondary N) is 1. The minimum atomic E-state index is 0.160. The van der Waals surface area contributed by atoms with Crippen molar-refractivity contribution >= 4 is 21.6 Å². The van der Waals surface area contributed by atoms with Crippen LogP contribution < -0.4 is 5.32 Å². The molecule has 21 heavy (non-hydrogen) atoms. The molecule has 2 aromatic rings. The van der Waals surface area contributed by atoms with Gasteiger partial charge in [-0.3, -0.25) is 0 Å². The van der Waals surface area contributed by atoms with E-state index in [1.54, 1.807) is 0 Å². The van der Waals surface area contributed by atoms with Crippen molar-refractivity contribution in [3.05, 3.63) is 57.1 Å². The van der Waals surface area contributed by atoms with Gasteiger partial charge in [-0.25, -0.2) is 0 Å². The highest BCUT2D eigenvalue weighted by Gasteiger charge is 2.32. The van der Waals surface area contributed by atoms with Gasteiger partial charge < -0.3 is 10.4 Å². The van der Waals surface area contributed by atoms with E-state index in [0.29, 0.717) is 11.7 Å². The molecule has 3 heteroatoms. The normalized spacial score (nSPS) is 20.4. The van der Waals surface area contributed by atoms with E-state index in [4.69, 9.17) is 0 Å². The number of hydrogen-bond acceptors (Lipinski definition) is 2. The predicted molar refractivity (Wildman–Crippen MR) is 91.1 cm³/mol. The van der Waals surface area contributed by atoms with Crippen LogP contribution in [0.15, 0.2) is 34.8 Å². The van der Waals surface area contributed by atoms with Gasteiger partial charge in [0.05, 0.1) is 6.04 Å². The highest BCUT2D eigenvalue weighted by atomic mass is 79.9. The van der Waals surface area contributed by atoms with E-state index in [9.17, 15) is 5.11 Å². The molecule has 0 bridgehead atoms. The van der Waals surface area contributed by atoms with Crippen molar-refractivity contribution in [3.63, 3.8) is 0 Å². The molecule has 1 aliphatic rings. The molecule has 0 saturated carbocycles. The molecule has 2 N–H and O–H groups in total. The number of benzene rings is 2. The van der Waals surface area contributed by atoms with Crippen molar-refractivity contribution in [3.8, 4) is 5.75 Å². The number of rotatable bonds is 2. The summed E-state index contributed by atoms with van der Waals surface area (Å²) in [5.74, 6) is 0.870. The maximum absolute atomic E-state index is 10.3. The molecule has 0 aliphatic heterocycles. The van der Waals surface area contributed by atoms with E-state index in [1.165, 1.54) is 16.7 Å². The Kier molecular flexibility index (Phi) is 3.70. The van der Waals surface area contributed by atoms with Crippen molar-refractivity contribution in [2.75, 3.05) is 5.32 Å². The average molecular weight is 346 g/mol. The molecule has 0 heterocycles. The fourth-order valence-electron chi connectivity index (χ4n) is 3.41. The Balaban J connectivity index is 2.00. The van der Waals surface area contributed by atoms with Crippen LogP contribution in [0.1, 0.15) is 47.6 Å². The molecule has 2 nitrogen and oxygen atoms in total. The van der Waals surface area contributed by atoms with Crippen molar-refractivity contribution in [2.24, 2.45) is 0 Å². The van der Waals surface area contributed by atoms with Gasteiger partial charge in [-0.05, 0) is 77.0 Å². The number of fused-ring (bicyclic) bond motifs is 1. The molecule has 0 saturated heterocycles. The van der Waals surface area contributed by atoms with Crippen molar-refractivity contribution in [1.82, 2.24) is 0 Å². The summed E-state index contributed by atoms with van der Waals surface area (Å²) in [6.07, 6.45) is 1.01. The molecule has 0 radical (unpaired) electrons. The van der Waals surface area contributed by atoms with E-state index in [2.05, 4.69) is 60.2 Å². The second kappa shape index (κ2) is 5.38.